The summed E-state index contributed by atoms with van der Waals surface area (Å²) >= 11 is 3.46. The van der Waals surface area contributed by atoms with Gasteiger partial charge in [-0.1, -0.05) is 54.6 Å². The normalized spacial score (nSPS) is 10.7. The second-order valence-corrected chi connectivity index (χ2v) is 4.83. The number of nitrogens with two attached hydrogens (primary N) is 1. The van der Waals surface area contributed by atoms with E-state index in [9.17, 15) is 0 Å². The Morgan fingerprint density at radius 3 is 2.17 bits per heavy atom. The van der Waals surface area contributed by atoms with Crippen LogP contribution in [0.15, 0.2) is 59.2 Å². The van der Waals surface area contributed by atoms with E-state index in [-0.39, 0.29) is 0 Å². The van der Waals surface area contributed by atoms with Gasteiger partial charge >= 0.3 is 0 Å². The zero-order chi connectivity index (χ0) is 12.5. The average molecular weight is 299 g/mol. The van der Waals surface area contributed by atoms with Crippen molar-refractivity contribution in [3.63, 3.8) is 0 Å². The zero-order valence-electron chi connectivity index (χ0n) is 9.60. The van der Waals surface area contributed by atoms with Gasteiger partial charge in [0.25, 0.3) is 0 Å². The standard InChI is InChI=1S/C15H11BrN2/c16-14-12-9-5-4-8-11(12)13(15(17)18-14)10-6-2-1-3-7-10/h1-9H,(H2,17,18). The number of aromatic nitrogens is 1. The van der Waals surface area contributed by atoms with E-state index >= 15 is 0 Å². The summed E-state index contributed by atoms with van der Waals surface area (Å²) in [7, 11) is 0. The lowest BCUT2D eigenvalue weighted by Crippen LogP contribution is -1.96. The Morgan fingerprint density at radius 2 is 1.44 bits per heavy atom. The molecular formula is C15H11BrN2. The van der Waals surface area contributed by atoms with Gasteiger partial charge in [-0.2, -0.15) is 0 Å². The van der Waals surface area contributed by atoms with Crippen LogP contribution in [0.4, 0.5) is 5.82 Å². The maximum Gasteiger partial charge on any atom is 0.133 e. The van der Waals surface area contributed by atoms with Crippen molar-refractivity contribution in [2.45, 2.75) is 0 Å². The zero-order valence-corrected chi connectivity index (χ0v) is 11.2. The molecule has 3 heteroatoms. The third kappa shape index (κ3) is 1.77. The quantitative estimate of drug-likeness (QED) is 0.682. The Bertz CT molecular complexity index is 708. The number of hydrogen-bond acceptors (Lipinski definition) is 2. The summed E-state index contributed by atoms with van der Waals surface area (Å²) in [5, 5.41) is 2.19. The van der Waals surface area contributed by atoms with Crippen LogP contribution in [0.5, 0.6) is 0 Å². The molecule has 2 nitrogen and oxygen atoms in total. The smallest absolute Gasteiger partial charge is 0.133 e. The van der Waals surface area contributed by atoms with Crippen LogP contribution in [0, 0.1) is 0 Å². The van der Waals surface area contributed by atoms with Gasteiger partial charge in [0.15, 0.2) is 0 Å². The molecule has 2 aromatic carbocycles. The molecule has 88 valence electrons. The SMILES string of the molecule is Nc1nc(Br)c2ccccc2c1-c1ccccc1. The summed E-state index contributed by atoms with van der Waals surface area (Å²) in [5.41, 5.74) is 8.16. The molecule has 0 unspecified atom stereocenters. The van der Waals surface area contributed by atoms with Gasteiger partial charge in [0.05, 0.1) is 0 Å². The molecule has 3 rings (SSSR count). The Labute approximate surface area is 114 Å². The number of rotatable bonds is 1. The maximum atomic E-state index is 6.08. The van der Waals surface area contributed by atoms with Crippen molar-refractivity contribution in [2.75, 3.05) is 5.73 Å². The summed E-state index contributed by atoms with van der Waals surface area (Å²) < 4.78 is 0.787. The highest BCUT2D eigenvalue weighted by molar-refractivity contribution is 9.10. The van der Waals surface area contributed by atoms with Crippen LogP contribution in [0.25, 0.3) is 21.9 Å². The van der Waals surface area contributed by atoms with Gasteiger partial charge in [-0.3, -0.25) is 0 Å². The van der Waals surface area contributed by atoms with Crippen LogP contribution in [0.2, 0.25) is 0 Å². The molecule has 1 heterocycles. The lowest BCUT2D eigenvalue weighted by Gasteiger charge is -2.10. The Morgan fingerprint density at radius 1 is 0.833 bits per heavy atom. The van der Waals surface area contributed by atoms with Gasteiger partial charge in [-0.05, 0) is 26.9 Å². The monoisotopic (exact) mass is 298 g/mol. The number of hydrogen-bond donors (Lipinski definition) is 1. The van der Waals surface area contributed by atoms with Crippen molar-refractivity contribution in [3.8, 4) is 11.1 Å². The molecule has 0 amide bonds. The second kappa shape index (κ2) is 4.42. The van der Waals surface area contributed by atoms with E-state index in [1.165, 1.54) is 0 Å². The molecule has 0 aliphatic carbocycles. The number of nitrogens with zero attached hydrogens (tertiary/aromatic N) is 1. The Kier molecular flexibility index (Phi) is 2.76. The van der Waals surface area contributed by atoms with Crippen molar-refractivity contribution in [1.29, 1.82) is 0 Å². The summed E-state index contributed by atoms with van der Waals surface area (Å²) in [4.78, 5) is 4.37. The van der Waals surface area contributed by atoms with Gasteiger partial charge < -0.3 is 5.73 Å². The summed E-state index contributed by atoms with van der Waals surface area (Å²) in [6.07, 6.45) is 0. The Balaban J connectivity index is 2.42. The molecule has 0 radical (unpaired) electrons. The van der Waals surface area contributed by atoms with E-state index in [2.05, 4.69) is 27.0 Å². The summed E-state index contributed by atoms with van der Waals surface area (Å²) in [5.74, 6) is 0.548. The predicted octanol–water partition coefficient (Wildman–Crippen LogP) is 4.25. The molecule has 0 saturated heterocycles. The molecule has 2 N–H and O–H groups in total. The molecule has 0 bridgehead atoms. The van der Waals surface area contributed by atoms with Crippen LogP contribution < -0.4 is 5.73 Å². The highest BCUT2D eigenvalue weighted by atomic mass is 79.9. The second-order valence-electron chi connectivity index (χ2n) is 4.07. The lowest BCUT2D eigenvalue weighted by atomic mass is 10.00. The van der Waals surface area contributed by atoms with Gasteiger partial charge in [0.1, 0.15) is 10.4 Å². The molecule has 0 saturated carbocycles. The fourth-order valence-corrected chi connectivity index (χ4v) is 2.69. The van der Waals surface area contributed by atoms with Crippen LogP contribution in [-0.2, 0) is 0 Å². The first-order valence-corrected chi connectivity index (χ1v) is 6.46. The molecule has 0 aliphatic heterocycles. The first-order chi connectivity index (χ1) is 8.77. The topological polar surface area (TPSA) is 38.9 Å². The fourth-order valence-electron chi connectivity index (χ4n) is 2.15. The highest BCUT2D eigenvalue weighted by Crippen LogP contribution is 2.35. The molecule has 1 aromatic heterocycles. The van der Waals surface area contributed by atoms with Crippen LogP contribution in [0.3, 0.4) is 0 Å². The number of halogens is 1. The highest BCUT2D eigenvalue weighted by Gasteiger charge is 2.11. The van der Waals surface area contributed by atoms with Gasteiger partial charge in [-0.25, -0.2) is 4.98 Å². The van der Waals surface area contributed by atoms with E-state index in [0.29, 0.717) is 5.82 Å². The predicted molar refractivity (Wildman–Crippen MR) is 79.3 cm³/mol. The molecule has 0 atom stereocenters. The van der Waals surface area contributed by atoms with Gasteiger partial charge in [0.2, 0.25) is 0 Å². The van der Waals surface area contributed by atoms with Gasteiger partial charge in [0, 0.05) is 10.9 Å². The lowest BCUT2D eigenvalue weighted by molar-refractivity contribution is 1.32. The number of pyridine rings is 1. The number of benzene rings is 2. The van der Waals surface area contributed by atoms with E-state index in [1.54, 1.807) is 0 Å². The van der Waals surface area contributed by atoms with Gasteiger partial charge in [-0.15, -0.1) is 0 Å². The van der Waals surface area contributed by atoms with E-state index in [4.69, 9.17) is 5.73 Å². The number of nitrogen functional groups attached to an aromatic ring is 1. The van der Waals surface area contributed by atoms with Crippen LogP contribution >= 0.6 is 15.9 Å². The van der Waals surface area contributed by atoms with Crippen molar-refractivity contribution in [1.82, 2.24) is 4.98 Å². The third-order valence-corrected chi connectivity index (χ3v) is 3.56. The minimum atomic E-state index is 0.548. The minimum Gasteiger partial charge on any atom is -0.383 e. The van der Waals surface area contributed by atoms with Crippen LogP contribution in [0.1, 0.15) is 0 Å². The fraction of sp³-hybridized carbons (Fsp3) is 0. The summed E-state index contributed by atoms with van der Waals surface area (Å²) in [6, 6.07) is 18.2. The molecule has 0 fully saturated rings. The molecule has 0 spiro atoms. The number of anilines is 1. The minimum absolute atomic E-state index is 0.548. The number of fused-ring (bicyclic) bond motifs is 1. The maximum absolute atomic E-state index is 6.08. The third-order valence-electron chi connectivity index (χ3n) is 2.96. The average Bonchev–Trinajstić information content (AvgIpc) is 2.40. The first-order valence-electron chi connectivity index (χ1n) is 5.66. The summed E-state index contributed by atoms with van der Waals surface area (Å²) in [6.45, 7) is 0. The van der Waals surface area contributed by atoms with Crippen molar-refractivity contribution in [3.05, 3.63) is 59.2 Å². The molecular weight excluding hydrogens is 288 g/mol. The largest absolute Gasteiger partial charge is 0.383 e. The van der Waals surface area contributed by atoms with Crippen LogP contribution in [-0.4, -0.2) is 4.98 Å². The molecule has 18 heavy (non-hydrogen) atoms. The van der Waals surface area contributed by atoms with E-state index in [1.807, 2.05) is 48.5 Å². The van der Waals surface area contributed by atoms with Crippen molar-refractivity contribution >= 4 is 32.5 Å². The van der Waals surface area contributed by atoms with E-state index < -0.39 is 0 Å². The van der Waals surface area contributed by atoms with Crippen molar-refractivity contribution in [2.24, 2.45) is 0 Å². The first kappa shape index (κ1) is 11.2. The molecule has 0 aliphatic rings. The van der Waals surface area contributed by atoms with E-state index in [0.717, 1.165) is 26.5 Å². The Hall–Kier alpha value is -1.87. The molecule has 3 aromatic rings. The van der Waals surface area contributed by atoms with Crippen molar-refractivity contribution < 1.29 is 0 Å².